The molecule has 0 aliphatic rings. The molecule has 3 aromatic rings. The summed E-state index contributed by atoms with van der Waals surface area (Å²) in [5.41, 5.74) is 1.91. The number of benzene rings is 2. The van der Waals surface area contributed by atoms with E-state index in [1.807, 2.05) is 29.7 Å². The van der Waals surface area contributed by atoms with E-state index in [0.29, 0.717) is 33.0 Å². The molecule has 8 heteroatoms. The van der Waals surface area contributed by atoms with E-state index in [0.717, 1.165) is 5.69 Å². The fraction of sp³-hybridized carbons (Fsp3) is 0.167. The topological polar surface area (TPSA) is 59.8 Å². The number of rotatable bonds is 5. The lowest BCUT2D eigenvalue weighted by molar-refractivity contribution is -0.114. The number of nitrogens with one attached hydrogen (secondary N) is 1. The molecule has 0 atom stereocenters. The van der Waals surface area contributed by atoms with Gasteiger partial charge in [-0.25, -0.2) is 4.39 Å². The molecule has 5 nitrogen and oxygen atoms in total. The van der Waals surface area contributed by atoms with E-state index in [1.54, 1.807) is 18.2 Å². The number of halogens is 2. The predicted octanol–water partition coefficient (Wildman–Crippen LogP) is 4.62. The first-order valence-corrected chi connectivity index (χ1v) is 9.18. The van der Waals surface area contributed by atoms with Gasteiger partial charge in [0.15, 0.2) is 5.16 Å². The van der Waals surface area contributed by atoms with Crippen LogP contribution in [0.4, 0.5) is 10.1 Å². The van der Waals surface area contributed by atoms with Gasteiger partial charge in [0.25, 0.3) is 0 Å². The Balaban J connectivity index is 1.89. The van der Waals surface area contributed by atoms with Gasteiger partial charge in [-0.15, -0.1) is 10.2 Å². The van der Waals surface area contributed by atoms with Crippen LogP contribution < -0.4 is 5.32 Å². The molecule has 3 rings (SSSR count). The highest BCUT2D eigenvalue weighted by Crippen LogP contribution is 2.30. The molecule has 0 aliphatic carbocycles. The molecule has 0 bridgehead atoms. The maximum absolute atomic E-state index is 14.0. The van der Waals surface area contributed by atoms with E-state index in [1.165, 1.54) is 24.8 Å². The quantitative estimate of drug-likeness (QED) is 0.646. The maximum Gasteiger partial charge on any atom is 0.221 e. The molecule has 0 fully saturated rings. The molecule has 0 saturated heterocycles. The Kier molecular flexibility index (Phi) is 5.58. The van der Waals surface area contributed by atoms with E-state index in [-0.39, 0.29) is 11.7 Å². The molecule has 1 amide bonds. The Morgan fingerprint density at radius 3 is 2.77 bits per heavy atom. The summed E-state index contributed by atoms with van der Waals surface area (Å²) in [5.74, 6) is 0.522. The van der Waals surface area contributed by atoms with Gasteiger partial charge in [-0.3, -0.25) is 9.36 Å². The smallest absolute Gasteiger partial charge is 0.221 e. The number of aromatic nitrogens is 3. The number of nitrogens with zero attached hydrogens (tertiary/aromatic N) is 3. The summed E-state index contributed by atoms with van der Waals surface area (Å²) in [6.07, 6.45) is 0. The van der Waals surface area contributed by atoms with Crippen LogP contribution in [0.5, 0.6) is 0 Å². The van der Waals surface area contributed by atoms with Crippen molar-refractivity contribution >= 4 is 35.0 Å². The SMILES string of the molecule is CC(=O)Nc1cccc(-n2c(C)nnc2SCc2c(F)cccc2Cl)c1. The summed E-state index contributed by atoms with van der Waals surface area (Å²) < 4.78 is 15.8. The van der Waals surface area contributed by atoms with Gasteiger partial charge in [0.1, 0.15) is 11.6 Å². The second-order valence-electron chi connectivity index (χ2n) is 5.59. The summed E-state index contributed by atoms with van der Waals surface area (Å²) >= 11 is 7.43. The molecular weight excluding hydrogens is 375 g/mol. The van der Waals surface area contributed by atoms with Crippen molar-refractivity contribution in [3.05, 3.63) is 64.7 Å². The first-order valence-electron chi connectivity index (χ1n) is 7.81. The van der Waals surface area contributed by atoms with E-state index in [2.05, 4.69) is 15.5 Å². The van der Waals surface area contributed by atoms with E-state index < -0.39 is 0 Å². The van der Waals surface area contributed by atoms with Gasteiger partial charge in [-0.1, -0.05) is 35.5 Å². The van der Waals surface area contributed by atoms with Crippen LogP contribution in [0.2, 0.25) is 5.02 Å². The lowest BCUT2D eigenvalue weighted by atomic mass is 10.2. The minimum Gasteiger partial charge on any atom is -0.326 e. The molecule has 0 aliphatic heterocycles. The molecule has 0 spiro atoms. The molecule has 1 N–H and O–H groups in total. The highest BCUT2D eigenvalue weighted by Gasteiger charge is 2.14. The van der Waals surface area contributed by atoms with Crippen molar-refractivity contribution in [2.45, 2.75) is 24.8 Å². The van der Waals surface area contributed by atoms with Crippen molar-refractivity contribution in [3.63, 3.8) is 0 Å². The van der Waals surface area contributed by atoms with Crippen molar-refractivity contribution in [2.24, 2.45) is 0 Å². The van der Waals surface area contributed by atoms with Crippen molar-refractivity contribution < 1.29 is 9.18 Å². The number of aryl methyl sites for hydroxylation is 1. The van der Waals surface area contributed by atoms with E-state index >= 15 is 0 Å². The van der Waals surface area contributed by atoms with Crippen LogP contribution in [-0.4, -0.2) is 20.7 Å². The highest BCUT2D eigenvalue weighted by atomic mass is 35.5. The average molecular weight is 391 g/mol. The standard InChI is InChI=1S/C18H16ClFN4OS/c1-11-22-23-18(26-10-15-16(19)7-4-8-17(15)20)24(11)14-6-3-5-13(9-14)21-12(2)25/h3-9H,10H2,1-2H3,(H,21,25). The number of carbonyl (C=O) groups excluding carboxylic acids is 1. The zero-order valence-electron chi connectivity index (χ0n) is 14.2. The van der Waals surface area contributed by atoms with Gasteiger partial charge in [0, 0.05) is 29.0 Å². The molecule has 2 aromatic carbocycles. The monoisotopic (exact) mass is 390 g/mol. The molecule has 0 unspecified atom stereocenters. The first-order chi connectivity index (χ1) is 12.5. The van der Waals surface area contributed by atoms with E-state index in [9.17, 15) is 9.18 Å². The molecule has 26 heavy (non-hydrogen) atoms. The fourth-order valence-electron chi connectivity index (χ4n) is 2.47. The third kappa shape index (κ3) is 4.05. The van der Waals surface area contributed by atoms with Crippen molar-refractivity contribution in [3.8, 4) is 5.69 Å². The maximum atomic E-state index is 14.0. The normalized spacial score (nSPS) is 10.8. The average Bonchev–Trinajstić information content (AvgIpc) is 2.95. The Morgan fingerprint density at radius 1 is 1.27 bits per heavy atom. The number of thioether (sulfide) groups is 1. The van der Waals surface area contributed by atoms with Gasteiger partial charge in [-0.2, -0.15) is 0 Å². The molecule has 0 saturated carbocycles. The van der Waals surface area contributed by atoms with Gasteiger partial charge >= 0.3 is 0 Å². The summed E-state index contributed by atoms with van der Waals surface area (Å²) in [7, 11) is 0. The second kappa shape index (κ2) is 7.88. The summed E-state index contributed by atoms with van der Waals surface area (Å²) in [4.78, 5) is 11.3. The Hall–Kier alpha value is -2.38. The molecule has 134 valence electrons. The lowest BCUT2D eigenvalue weighted by Crippen LogP contribution is -2.07. The Morgan fingerprint density at radius 2 is 2.04 bits per heavy atom. The summed E-state index contributed by atoms with van der Waals surface area (Å²) in [5, 5.41) is 12.0. The van der Waals surface area contributed by atoms with Gasteiger partial charge in [0.2, 0.25) is 5.91 Å². The first kappa shape index (κ1) is 18.4. The van der Waals surface area contributed by atoms with Gasteiger partial charge < -0.3 is 5.32 Å². The zero-order chi connectivity index (χ0) is 18.7. The van der Waals surface area contributed by atoms with Crippen LogP contribution in [0.1, 0.15) is 18.3 Å². The lowest BCUT2D eigenvalue weighted by Gasteiger charge is -2.11. The predicted molar refractivity (Wildman–Crippen MR) is 101 cm³/mol. The van der Waals surface area contributed by atoms with Crippen LogP contribution in [0.3, 0.4) is 0 Å². The second-order valence-corrected chi connectivity index (χ2v) is 6.94. The molecular formula is C18H16ClFN4OS. The van der Waals surface area contributed by atoms with Crippen molar-refractivity contribution in [2.75, 3.05) is 5.32 Å². The van der Waals surface area contributed by atoms with Crippen LogP contribution in [0.15, 0.2) is 47.6 Å². The number of carbonyl (C=O) groups is 1. The number of hydrogen-bond acceptors (Lipinski definition) is 4. The van der Waals surface area contributed by atoms with Gasteiger partial charge in [0.05, 0.1) is 5.69 Å². The Labute approximate surface area is 159 Å². The number of hydrogen-bond donors (Lipinski definition) is 1. The van der Waals surface area contributed by atoms with Crippen LogP contribution >= 0.6 is 23.4 Å². The molecule has 1 heterocycles. The summed E-state index contributed by atoms with van der Waals surface area (Å²) in [6, 6.07) is 12.0. The van der Waals surface area contributed by atoms with Crippen LogP contribution in [0.25, 0.3) is 5.69 Å². The minimum atomic E-state index is -0.347. The minimum absolute atomic E-state index is 0.147. The fourth-order valence-corrected chi connectivity index (χ4v) is 3.81. The third-order valence-electron chi connectivity index (χ3n) is 3.63. The number of anilines is 1. The highest BCUT2D eigenvalue weighted by molar-refractivity contribution is 7.98. The largest absolute Gasteiger partial charge is 0.326 e. The van der Waals surface area contributed by atoms with Crippen LogP contribution in [0, 0.1) is 12.7 Å². The zero-order valence-corrected chi connectivity index (χ0v) is 15.7. The van der Waals surface area contributed by atoms with E-state index in [4.69, 9.17) is 11.6 Å². The summed E-state index contributed by atoms with van der Waals surface area (Å²) in [6.45, 7) is 3.29. The van der Waals surface area contributed by atoms with Crippen LogP contribution in [-0.2, 0) is 10.5 Å². The van der Waals surface area contributed by atoms with Crippen molar-refractivity contribution in [1.29, 1.82) is 0 Å². The molecule has 1 aromatic heterocycles. The van der Waals surface area contributed by atoms with Crippen molar-refractivity contribution in [1.82, 2.24) is 14.8 Å². The molecule has 0 radical (unpaired) electrons. The Bertz CT molecular complexity index is 940. The van der Waals surface area contributed by atoms with Gasteiger partial charge in [-0.05, 0) is 37.3 Å². The third-order valence-corrected chi connectivity index (χ3v) is 4.94. The number of amides is 1.